The van der Waals surface area contributed by atoms with Gasteiger partial charge in [0.15, 0.2) is 0 Å². The van der Waals surface area contributed by atoms with E-state index in [1.54, 1.807) is 12.3 Å². The fourth-order valence-corrected chi connectivity index (χ4v) is 5.27. The molecule has 0 saturated carbocycles. The van der Waals surface area contributed by atoms with Crippen LogP contribution in [0.5, 0.6) is 0 Å². The predicted molar refractivity (Wildman–Crippen MR) is 89.9 cm³/mol. The normalized spacial score (nSPS) is 25.2. The number of nitrogens with one attached hydrogen (secondary N) is 1. The quantitative estimate of drug-likeness (QED) is 0.867. The maximum atomic E-state index is 12.2. The molecule has 1 aromatic heterocycles. The fourth-order valence-electron chi connectivity index (χ4n) is 3.72. The average Bonchev–Trinajstić information content (AvgIpc) is 3.31. The Bertz CT molecular complexity index is 609. The Morgan fingerprint density at radius 1 is 1.33 bits per heavy atom. The highest BCUT2D eigenvalue weighted by Gasteiger charge is 2.51. The van der Waals surface area contributed by atoms with Gasteiger partial charge in [-0.3, -0.25) is 14.7 Å². The maximum absolute atomic E-state index is 12.2. The topological polar surface area (TPSA) is 78.5 Å². The Kier molecular flexibility index (Phi) is 4.26. The molecule has 0 radical (unpaired) electrons. The average molecular weight is 350 g/mol. The zero-order valence-corrected chi connectivity index (χ0v) is 14.4. The standard InChI is InChI=1S/C16H22N4O3S/c21-14(19-5-1-2-6-19)8-23-12-7-16(24-9-12)10-20(11-16)15(22)13-3-4-17-18-13/h3-4,12H,1-2,5-11H2,(H,17,18)/t12-/m0/s1. The fraction of sp³-hybridized carbons (Fsp3) is 0.688. The minimum absolute atomic E-state index is 0.00676. The number of carbonyl (C=O) groups excluding carboxylic acids is 2. The van der Waals surface area contributed by atoms with E-state index in [0.717, 1.165) is 51.2 Å². The van der Waals surface area contributed by atoms with Crippen molar-refractivity contribution in [2.75, 3.05) is 38.5 Å². The second kappa shape index (κ2) is 6.40. The summed E-state index contributed by atoms with van der Waals surface area (Å²) >= 11 is 1.87. The molecule has 3 fully saturated rings. The number of hydrogen-bond acceptors (Lipinski definition) is 5. The van der Waals surface area contributed by atoms with Gasteiger partial charge in [-0.25, -0.2) is 0 Å². The van der Waals surface area contributed by atoms with Crippen LogP contribution in [-0.2, 0) is 9.53 Å². The summed E-state index contributed by atoms with van der Waals surface area (Å²) in [6.45, 7) is 3.43. The van der Waals surface area contributed by atoms with E-state index >= 15 is 0 Å². The number of aromatic nitrogens is 2. The lowest BCUT2D eigenvalue weighted by Crippen LogP contribution is -2.60. The van der Waals surface area contributed by atoms with E-state index in [-0.39, 0.29) is 29.3 Å². The minimum Gasteiger partial charge on any atom is -0.367 e. The number of H-pyrrole nitrogens is 1. The van der Waals surface area contributed by atoms with Crippen LogP contribution in [0.15, 0.2) is 12.3 Å². The molecule has 130 valence electrons. The van der Waals surface area contributed by atoms with E-state index in [4.69, 9.17) is 4.74 Å². The number of thioether (sulfide) groups is 1. The Balaban J connectivity index is 1.23. The van der Waals surface area contributed by atoms with E-state index in [1.807, 2.05) is 21.6 Å². The summed E-state index contributed by atoms with van der Waals surface area (Å²) in [6.07, 6.45) is 4.83. The van der Waals surface area contributed by atoms with Crippen LogP contribution in [0.25, 0.3) is 0 Å². The monoisotopic (exact) mass is 350 g/mol. The highest BCUT2D eigenvalue weighted by molar-refractivity contribution is 8.01. The van der Waals surface area contributed by atoms with Gasteiger partial charge in [0.2, 0.25) is 5.91 Å². The number of nitrogens with zero attached hydrogens (tertiary/aromatic N) is 3. The largest absolute Gasteiger partial charge is 0.367 e. The van der Waals surface area contributed by atoms with Crippen LogP contribution in [0.4, 0.5) is 0 Å². The van der Waals surface area contributed by atoms with Crippen LogP contribution in [0, 0.1) is 0 Å². The maximum Gasteiger partial charge on any atom is 0.271 e. The van der Waals surface area contributed by atoms with Gasteiger partial charge in [0.1, 0.15) is 12.3 Å². The van der Waals surface area contributed by atoms with Gasteiger partial charge in [-0.15, -0.1) is 11.8 Å². The van der Waals surface area contributed by atoms with E-state index in [2.05, 4.69) is 10.2 Å². The number of aromatic amines is 1. The number of rotatable bonds is 4. The van der Waals surface area contributed by atoms with E-state index in [9.17, 15) is 9.59 Å². The van der Waals surface area contributed by atoms with Crippen molar-refractivity contribution < 1.29 is 14.3 Å². The van der Waals surface area contributed by atoms with Crippen LogP contribution in [0.3, 0.4) is 0 Å². The molecule has 24 heavy (non-hydrogen) atoms. The lowest BCUT2D eigenvalue weighted by atomic mass is 9.92. The van der Waals surface area contributed by atoms with Gasteiger partial charge in [0.05, 0.1) is 10.9 Å². The molecule has 1 atom stereocenters. The molecule has 1 spiro atoms. The predicted octanol–water partition coefficient (Wildman–Crippen LogP) is 0.749. The second-order valence-corrected chi connectivity index (χ2v) is 8.34. The molecule has 1 N–H and O–H groups in total. The summed E-state index contributed by atoms with van der Waals surface area (Å²) in [5.74, 6) is 1.02. The van der Waals surface area contributed by atoms with Crippen LogP contribution < -0.4 is 0 Å². The van der Waals surface area contributed by atoms with E-state index in [0.29, 0.717) is 5.69 Å². The molecule has 7 nitrogen and oxygen atoms in total. The van der Waals surface area contributed by atoms with Crippen molar-refractivity contribution >= 4 is 23.6 Å². The van der Waals surface area contributed by atoms with Crippen LogP contribution in [0.1, 0.15) is 29.8 Å². The third kappa shape index (κ3) is 3.04. The SMILES string of the molecule is O=C(CO[C@@H]1CSC2(C1)CN(C(=O)c1ccn[nH]1)C2)N1CCCC1. The Morgan fingerprint density at radius 3 is 2.83 bits per heavy atom. The molecule has 1 aromatic rings. The van der Waals surface area contributed by atoms with Crippen molar-refractivity contribution in [1.82, 2.24) is 20.0 Å². The molecule has 0 aromatic carbocycles. The third-order valence-corrected chi connectivity index (χ3v) is 6.63. The highest BCUT2D eigenvalue weighted by Crippen LogP contribution is 2.46. The summed E-state index contributed by atoms with van der Waals surface area (Å²) in [6, 6.07) is 1.70. The lowest BCUT2D eigenvalue weighted by molar-refractivity contribution is -0.136. The first kappa shape index (κ1) is 16.0. The molecule has 4 rings (SSSR count). The van der Waals surface area contributed by atoms with Gasteiger partial charge in [0.25, 0.3) is 5.91 Å². The number of ether oxygens (including phenoxy) is 1. The van der Waals surface area contributed by atoms with Gasteiger partial charge in [-0.05, 0) is 25.3 Å². The molecule has 3 aliphatic heterocycles. The van der Waals surface area contributed by atoms with E-state index in [1.165, 1.54) is 0 Å². The van der Waals surface area contributed by atoms with Gasteiger partial charge >= 0.3 is 0 Å². The van der Waals surface area contributed by atoms with Gasteiger partial charge in [-0.1, -0.05) is 0 Å². The molecule has 3 aliphatic rings. The van der Waals surface area contributed by atoms with Gasteiger partial charge in [0, 0.05) is 38.1 Å². The smallest absolute Gasteiger partial charge is 0.271 e. The van der Waals surface area contributed by atoms with E-state index < -0.39 is 0 Å². The molecule has 0 aliphatic carbocycles. The van der Waals surface area contributed by atoms with Crippen molar-refractivity contribution in [1.29, 1.82) is 0 Å². The second-order valence-electron chi connectivity index (χ2n) is 6.85. The summed E-state index contributed by atoms with van der Waals surface area (Å²) in [4.78, 5) is 28.0. The van der Waals surface area contributed by atoms with Gasteiger partial charge in [-0.2, -0.15) is 5.10 Å². The highest BCUT2D eigenvalue weighted by atomic mass is 32.2. The molecule has 0 bridgehead atoms. The first-order valence-electron chi connectivity index (χ1n) is 8.47. The summed E-state index contributed by atoms with van der Waals surface area (Å²) < 4.78 is 5.95. The van der Waals surface area contributed by atoms with Crippen LogP contribution in [-0.4, -0.2) is 81.2 Å². The number of amides is 2. The zero-order chi connectivity index (χ0) is 16.6. The number of hydrogen-bond donors (Lipinski definition) is 1. The van der Waals surface area contributed by atoms with Crippen molar-refractivity contribution in [3.8, 4) is 0 Å². The van der Waals surface area contributed by atoms with Crippen LogP contribution >= 0.6 is 11.8 Å². The molecular weight excluding hydrogens is 328 g/mol. The lowest BCUT2D eigenvalue weighted by Gasteiger charge is -2.47. The minimum atomic E-state index is 0.00676. The Hall–Kier alpha value is -1.54. The van der Waals surface area contributed by atoms with Crippen molar-refractivity contribution in [2.45, 2.75) is 30.1 Å². The summed E-state index contributed by atoms with van der Waals surface area (Å²) in [5, 5.41) is 6.54. The van der Waals surface area contributed by atoms with Crippen molar-refractivity contribution in [3.63, 3.8) is 0 Å². The molecule has 3 saturated heterocycles. The first-order chi connectivity index (χ1) is 11.7. The Morgan fingerprint density at radius 2 is 2.12 bits per heavy atom. The number of likely N-dealkylation sites (tertiary alicyclic amines) is 2. The first-order valence-corrected chi connectivity index (χ1v) is 9.46. The van der Waals surface area contributed by atoms with Gasteiger partial charge < -0.3 is 14.5 Å². The summed E-state index contributed by atoms with van der Waals surface area (Å²) in [5.41, 5.74) is 0.539. The van der Waals surface area contributed by atoms with Crippen LogP contribution in [0.2, 0.25) is 0 Å². The molecule has 2 amide bonds. The summed E-state index contributed by atoms with van der Waals surface area (Å²) in [7, 11) is 0. The number of carbonyl (C=O) groups is 2. The molecule has 8 heteroatoms. The molecule has 4 heterocycles. The molecular formula is C16H22N4O3S. The van der Waals surface area contributed by atoms with Crippen molar-refractivity contribution in [3.05, 3.63) is 18.0 Å². The van der Waals surface area contributed by atoms with Crippen molar-refractivity contribution in [2.24, 2.45) is 0 Å². The third-order valence-electron chi connectivity index (χ3n) is 5.05. The molecule has 0 unspecified atom stereocenters. The Labute approximate surface area is 145 Å². The zero-order valence-electron chi connectivity index (χ0n) is 13.6.